The molecule has 31 heavy (non-hydrogen) atoms. The van der Waals surface area contributed by atoms with Crippen molar-refractivity contribution in [3.8, 4) is 0 Å². The van der Waals surface area contributed by atoms with E-state index in [1.54, 1.807) is 0 Å². The van der Waals surface area contributed by atoms with Crippen LogP contribution in [0.5, 0.6) is 0 Å². The topological polar surface area (TPSA) is 96.1 Å². The molecule has 2 aliphatic carbocycles. The molecule has 0 spiro atoms. The van der Waals surface area contributed by atoms with Crippen LogP contribution >= 0.6 is 0 Å². The number of fused-ring (bicyclic) bond motifs is 2. The fraction of sp³-hybridized carbons (Fsp3) is 0.913. The minimum Gasteiger partial charge on any atom is -0.465 e. The Balaban J connectivity index is 1.00. The summed E-state index contributed by atoms with van der Waals surface area (Å²) in [7, 11) is 0. The van der Waals surface area contributed by atoms with E-state index in [0.717, 1.165) is 38.5 Å². The maximum atomic E-state index is 12.4. The van der Waals surface area contributed by atoms with E-state index in [4.69, 9.17) is 28.4 Å². The first kappa shape index (κ1) is 21.6. The Labute approximate surface area is 183 Å². The summed E-state index contributed by atoms with van der Waals surface area (Å²) in [6.45, 7) is 6.69. The van der Waals surface area contributed by atoms with E-state index in [0.29, 0.717) is 24.5 Å². The molecule has 7 atom stereocenters. The highest BCUT2D eigenvalue weighted by Gasteiger charge is 2.57. The van der Waals surface area contributed by atoms with Crippen LogP contribution in [0.1, 0.15) is 59.3 Å². The van der Waals surface area contributed by atoms with Gasteiger partial charge in [0.2, 0.25) is 0 Å². The molecule has 0 aromatic heterocycles. The smallest absolute Gasteiger partial charge is 0.320 e. The molecule has 0 radical (unpaired) electrons. The van der Waals surface area contributed by atoms with Crippen LogP contribution in [0.25, 0.3) is 0 Å². The second-order valence-electron chi connectivity index (χ2n) is 10.5. The molecule has 0 aromatic rings. The Kier molecular flexibility index (Phi) is 5.56. The largest absolute Gasteiger partial charge is 0.465 e. The second kappa shape index (κ2) is 7.97. The van der Waals surface area contributed by atoms with Crippen molar-refractivity contribution in [1.29, 1.82) is 0 Å². The van der Waals surface area contributed by atoms with Crippen LogP contribution in [0.15, 0.2) is 0 Å². The molecule has 3 aliphatic heterocycles. The summed E-state index contributed by atoms with van der Waals surface area (Å²) in [6, 6.07) is 0. The average molecular weight is 439 g/mol. The molecule has 5 rings (SSSR count). The van der Waals surface area contributed by atoms with Crippen molar-refractivity contribution in [2.75, 3.05) is 19.8 Å². The number of epoxide rings is 2. The predicted octanol–water partition coefficient (Wildman–Crippen LogP) is 2.37. The van der Waals surface area contributed by atoms with Crippen LogP contribution in [-0.2, 0) is 38.0 Å². The van der Waals surface area contributed by atoms with E-state index in [-0.39, 0.29) is 36.8 Å². The molecule has 5 fully saturated rings. The number of ether oxygens (including phenoxy) is 6. The Morgan fingerprint density at radius 3 is 2.26 bits per heavy atom. The molecule has 3 heterocycles. The quantitative estimate of drug-likeness (QED) is 0.354. The third kappa shape index (κ3) is 4.49. The molecule has 3 saturated heterocycles. The fourth-order valence-electron chi connectivity index (χ4n) is 5.32. The maximum absolute atomic E-state index is 12.4. The summed E-state index contributed by atoms with van der Waals surface area (Å²) in [5.41, 5.74) is 0.112. The lowest BCUT2D eigenvalue weighted by molar-refractivity contribution is -0.247. The van der Waals surface area contributed by atoms with Gasteiger partial charge in [0.05, 0.1) is 43.2 Å². The van der Waals surface area contributed by atoms with Crippen LogP contribution in [0.3, 0.4) is 0 Å². The van der Waals surface area contributed by atoms with Gasteiger partial charge in [-0.15, -0.1) is 0 Å². The summed E-state index contributed by atoms with van der Waals surface area (Å²) in [4.78, 5) is 24.7. The van der Waals surface area contributed by atoms with Crippen molar-refractivity contribution in [3.05, 3.63) is 0 Å². The molecule has 7 unspecified atom stereocenters. The van der Waals surface area contributed by atoms with Gasteiger partial charge in [0.25, 0.3) is 0 Å². The predicted molar refractivity (Wildman–Crippen MR) is 107 cm³/mol. The normalized spacial score (nSPS) is 46.8. The van der Waals surface area contributed by atoms with E-state index in [9.17, 15) is 9.59 Å². The van der Waals surface area contributed by atoms with E-state index >= 15 is 0 Å². The van der Waals surface area contributed by atoms with Crippen LogP contribution < -0.4 is 0 Å². The average Bonchev–Trinajstić information content (AvgIpc) is 3.63. The minimum atomic E-state index is -0.966. The van der Waals surface area contributed by atoms with Crippen LogP contribution in [0, 0.1) is 17.8 Å². The first-order valence-electron chi connectivity index (χ1n) is 11.7. The van der Waals surface area contributed by atoms with Gasteiger partial charge in [-0.1, -0.05) is 0 Å². The van der Waals surface area contributed by atoms with Crippen molar-refractivity contribution in [2.24, 2.45) is 17.8 Å². The fourth-order valence-corrected chi connectivity index (χ4v) is 5.32. The zero-order valence-electron chi connectivity index (χ0n) is 18.7. The van der Waals surface area contributed by atoms with Crippen LogP contribution in [0.4, 0.5) is 0 Å². The number of carbonyl (C=O) groups is 2. The van der Waals surface area contributed by atoms with Gasteiger partial charge in [0, 0.05) is 5.92 Å². The molecule has 8 heteroatoms. The molecule has 8 nitrogen and oxygen atoms in total. The summed E-state index contributed by atoms with van der Waals surface area (Å²) >= 11 is 0. The first-order chi connectivity index (χ1) is 14.8. The molecule has 0 amide bonds. The molecule has 2 saturated carbocycles. The van der Waals surface area contributed by atoms with Crippen molar-refractivity contribution < 1.29 is 38.0 Å². The van der Waals surface area contributed by atoms with Crippen LogP contribution in [-0.4, -0.2) is 67.6 Å². The minimum absolute atomic E-state index is 0.0456. The number of rotatable bonds is 6. The van der Waals surface area contributed by atoms with Crippen molar-refractivity contribution in [2.45, 2.75) is 95.1 Å². The highest BCUT2D eigenvalue weighted by atomic mass is 16.7. The van der Waals surface area contributed by atoms with Gasteiger partial charge in [0.15, 0.2) is 12.2 Å². The number of esters is 2. The van der Waals surface area contributed by atoms with Crippen LogP contribution in [0.2, 0.25) is 0 Å². The van der Waals surface area contributed by atoms with E-state index in [2.05, 4.69) is 13.8 Å². The molecular weight excluding hydrogens is 404 g/mol. The Bertz CT molecular complexity index is 718. The lowest BCUT2D eigenvalue weighted by Gasteiger charge is -2.35. The molecule has 0 N–H and O–H groups in total. The van der Waals surface area contributed by atoms with Crippen molar-refractivity contribution in [1.82, 2.24) is 0 Å². The first-order valence-corrected chi connectivity index (χ1v) is 11.7. The van der Waals surface area contributed by atoms with E-state index in [1.165, 1.54) is 6.92 Å². The number of hydrogen-bond acceptors (Lipinski definition) is 8. The summed E-state index contributed by atoms with van der Waals surface area (Å²) in [6.07, 6.45) is 5.68. The highest BCUT2D eigenvalue weighted by Crippen LogP contribution is 2.51. The van der Waals surface area contributed by atoms with Crippen molar-refractivity contribution in [3.63, 3.8) is 0 Å². The monoisotopic (exact) mass is 438 g/mol. The summed E-state index contributed by atoms with van der Waals surface area (Å²) in [5, 5.41) is 0. The SMILES string of the molecule is CC(C(=O)OCC1CCC2(C)OC2C1)C(=O)OC1COC(C2CCC3(C)OC3C2)OC1. The molecule has 0 bridgehead atoms. The van der Waals surface area contributed by atoms with Gasteiger partial charge in [-0.05, 0) is 65.2 Å². The van der Waals surface area contributed by atoms with Gasteiger partial charge in [-0.2, -0.15) is 0 Å². The molecule has 5 aliphatic rings. The Morgan fingerprint density at radius 2 is 1.61 bits per heavy atom. The van der Waals surface area contributed by atoms with Gasteiger partial charge < -0.3 is 28.4 Å². The summed E-state index contributed by atoms with van der Waals surface area (Å²) in [5.74, 6) is -1.50. The lowest BCUT2D eigenvalue weighted by atomic mass is 9.82. The Morgan fingerprint density at radius 1 is 0.968 bits per heavy atom. The number of carbonyl (C=O) groups excluding carboxylic acids is 2. The standard InChI is InChI=1S/C23H34O8/c1-13(19(24)26-10-14-4-6-22(2)17(8-14)30-22)20(25)29-16-11-27-21(28-12-16)15-5-7-23(3)18(9-15)31-23/h13-18,21H,4-12H2,1-3H3. The third-order valence-electron chi connectivity index (χ3n) is 7.92. The van der Waals surface area contributed by atoms with Gasteiger partial charge in [0.1, 0.15) is 6.10 Å². The van der Waals surface area contributed by atoms with E-state index in [1.807, 2.05) is 0 Å². The maximum Gasteiger partial charge on any atom is 0.320 e. The molecule has 174 valence electrons. The van der Waals surface area contributed by atoms with Crippen molar-refractivity contribution >= 4 is 11.9 Å². The summed E-state index contributed by atoms with van der Waals surface area (Å²) < 4.78 is 34.0. The zero-order valence-corrected chi connectivity index (χ0v) is 18.7. The zero-order chi connectivity index (χ0) is 21.8. The third-order valence-corrected chi connectivity index (χ3v) is 7.92. The number of hydrogen-bond donors (Lipinski definition) is 0. The Hall–Kier alpha value is -1.22. The lowest BCUT2D eigenvalue weighted by Crippen LogP contribution is -2.44. The van der Waals surface area contributed by atoms with E-state index < -0.39 is 24.0 Å². The second-order valence-corrected chi connectivity index (χ2v) is 10.5. The molecule has 0 aromatic carbocycles. The molecular formula is C23H34O8. The van der Waals surface area contributed by atoms with Gasteiger partial charge >= 0.3 is 11.9 Å². The highest BCUT2D eigenvalue weighted by molar-refractivity contribution is 5.94. The van der Waals surface area contributed by atoms with Gasteiger partial charge in [-0.3, -0.25) is 9.59 Å². The van der Waals surface area contributed by atoms with Gasteiger partial charge in [-0.25, -0.2) is 0 Å².